The summed E-state index contributed by atoms with van der Waals surface area (Å²) < 4.78 is 5.44. The summed E-state index contributed by atoms with van der Waals surface area (Å²) in [5.41, 5.74) is 2.08. The van der Waals surface area contributed by atoms with Crippen LogP contribution in [-0.2, 0) is 0 Å². The molecule has 4 nitrogen and oxygen atoms in total. The van der Waals surface area contributed by atoms with Crippen molar-refractivity contribution in [3.05, 3.63) is 30.5 Å². The van der Waals surface area contributed by atoms with E-state index in [4.69, 9.17) is 4.74 Å². The van der Waals surface area contributed by atoms with Crippen LogP contribution in [0, 0.1) is 5.92 Å². The maximum Gasteiger partial charge on any atom is 0.121 e. The maximum atomic E-state index is 5.44. The van der Waals surface area contributed by atoms with Gasteiger partial charge in [0.05, 0.1) is 18.3 Å². The molecule has 0 unspecified atom stereocenters. The summed E-state index contributed by atoms with van der Waals surface area (Å²) in [6, 6.07) is 8.95. The Bertz CT molecular complexity index is 701. The minimum absolute atomic E-state index is 0. The van der Waals surface area contributed by atoms with Crippen molar-refractivity contribution in [3.63, 3.8) is 0 Å². The lowest BCUT2D eigenvalue weighted by Crippen LogP contribution is -2.37. The number of hydrogen-bond acceptors (Lipinski definition) is 4. The van der Waals surface area contributed by atoms with Gasteiger partial charge in [-0.1, -0.05) is 32.8 Å². The third-order valence-electron chi connectivity index (χ3n) is 5.29. The van der Waals surface area contributed by atoms with Crippen molar-refractivity contribution in [3.8, 4) is 5.75 Å². The first kappa shape index (κ1) is 21.8. The highest BCUT2D eigenvalue weighted by Gasteiger charge is 2.22. The quantitative estimate of drug-likeness (QED) is 0.583. The first-order chi connectivity index (χ1) is 12.7. The SMILES string of the molecule is COc1cc(NCCCN(CC(C)C)C2CCCC2)c2ncccc2c1.Cl. The van der Waals surface area contributed by atoms with Gasteiger partial charge in [0, 0.05) is 43.3 Å². The van der Waals surface area contributed by atoms with Crippen molar-refractivity contribution in [2.75, 3.05) is 32.1 Å². The Morgan fingerprint density at radius 2 is 2.04 bits per heavy atom. The molecular formula is C22H34ClN3O. The highest BCUT2D eigenvalue weighted by atomic mass is 35.5. The first-order valence-electron chi connectivity index (χ1n) is 10.1. The van der Waals surface area contributed by atoms with Crippen molar-refractivity contribution in [2.24, 2.45) is 5.92 Å². The number of hydrogen-bond donors (Lipinski definition) is 1. The summed E-state index contributed by atoms with van der Waals surface area (Å²) in [6.45, 7) is 8.00. The van der Waals surface area contributed by atoms with E-state index in [2.05, 4.69) is 41.2 Å². The van der Waals surface area contributed by atoms with Crippen LogP contribution in [0.25, 0.3) is 10.9 Å². The molecule has 0 amide bonds. The lowest BCUT2D eigenvalue weighted by atomic mass is 10.1. The van der Waals surface area contributed by atoms with E-state index in [0.29, 0.717) is 0 Å². The molecule has 1 fully saturated rings. The van der Waals surface area contributed by atoms with Crippen molar-refractivity contribution < 1.29 is 4.74 Å². The molecule has 2 aromatic rings. The number of benzene rings is 1. The molecule has 1 aliphatic carbocycles. The minimum atomic E-state index is 0. The largest absolute Gasteiger partial charge is 0.497 e. The van der Waals surface area contributed by atoms with Crippen molar-refractivity contribution in [1.82, 2.24) is 9.88 Å². The number of aromatic nitrogens is 1. The van der Waals surface area contributed by atoms with Crippen molar-refractivity contribution >= 4 is 29.0 Å². The summed E-state index contributed by atoms with van der Waals surface area (Å²) in [7, 11) is 1.71. The molecule has 1 aromatic carbocycles. The van der Waals surface area contributed by atoms with E-state index >= 15 is 0 Å². The number of methoxy groups -OCH3 is 1. The molecule has 1 saturated carbocycles. The van der Waals surface area contributed by atoms with Crippen LogP contribution in [0.1, 0.15) is 46.0 Å². The number of pyridine rings is 1. The fourth-order valence-corrected chi connectivity index (χ4v) is 4.08. The molecule has 0 aliphatic heterocycles. The van der Waals surface area contributed by atoms with E-state index in [1.165, 1.54) is 38.8 Å². The highest BCUT2D eigenvalue weighted by molar-refractivity contribution is 5.91. The zero-order valence-corrected chi connectivity index (χ0v) is 17.7. The standard InChI is InChI=1S/C22H33N3O.ClH/c1-17(2)16-25(19-9-4-5-10-19)13-7-12-23-21-15-20(26-3)14-18-8-6-11-24-22(18)21;/h6,8,11,14-15,17,19,23H,4-5,7,9-10,12-13,16H2,1-3H3;1H. The average Bonchev–Trinajstić information content (AvgIpc) is 3.18. The molecule has 0 spiro atoms. The Labute approximate surface area is 170 Å². The Morgan fingerprint density at radius 3 is 2.74 bits per heavy atom. The predicted octanol–water partition coefficient (Wildman–Crippen LogP) is 5.37. The van der Waals surface area contributed by atoms with Gasteiger partial charge in [0.25, 0.3) is 0 Å². The van der Waals surface area contributed by atoms with Crippen LogP contribution in [0.3, 0.4) is 0 Å². The molecule has 5 heteroatoms. The third-order valence-corrected chi connectivity index (χ3v) is 5.29. The number of halogens is 1. The molecule has 0 atom stereocenters. The molecule has 1 N–H and O–H groups in total. The molecular weight excluding hydrogens is 358 g/mol. The molecule has 27 heavy (non-hydrogen) atoms. The fraction of sp³-hybridized carbons (Fsp3) is 0.591. The van der Waals surface area contributed by atoms with Gasteiger partial charge >= 0.3 is 0 Å². The van der Waals surface area contributed by atoms with Gasteiger partial charge in [0.2, 0.25) is 0 Å². The van der Waals surface area contributed by atoms with E-state index in [-0.39, 0.29) is 12.4 Å². The van der Waals surface area contributed by atoms with Gasteiger partial charge < -0.3 is 15.0 Å². The van der Waals surface area contributed by atoms with Gasteiger partial charge in [-0.3, -0.25) is 4.98 Å². The van der Waals surface area contributed by atoms with Crippen LogP contribution in [0.15, 0.2) is 30.5 Å². The number of rotatable bonds is 9. The van der Waals surface area contributed by atoms with Crippen LogP contribution >= 0.6 is 12.4 Å². The van der Waals surface area contributed by atoms with E-state index in [1.54, 1.807) is 7.11 Å². The zero-order valence-electron chi connectivity index (χ0n) is 16.9. The Balaban J connectivity index is 0.00000261. The second-order valence-electron chi connectivity index (χ2n) is 7.86. The number of fused-ring (bicyclic) bond motifs is 1. The Morgan fingerprint density at radius 1 is 1.26 bits per heavy atom. The summed E-state index contributed by atoms with van der Waals surface area (Å²) in [5, 5.41) is 4.71. The van der Waals surface area contributed by atoms with Gasteiger partial charge in [-0.2, -0.15) is 0 Å². The topological polar surface area (TPSA) is 37.4 Å². The minimum Gasteiger partial charge on any atom is -0.497 e. The van der Waals surface area contributed by atoms with Gasteiger partial charge in [0.15, 0.2) is 0 Å². The normalized spacial score (nSPS) is 14.7. The smallest absolute Gasteiger partial charge is 0.121 e. The molecule has 150 valence electrons. The number of anilines is 1. The second kappa shape index (κ2) is 10.7. The maximum absolute atomic E-state index is 5.44. The molecule has 0 saturated heterocycles. The lowest BCUT2D eigenvalue weighted by Gasteiger charge is -2.30. The first-order valence-corrected chi connectivity index (χ1v) is 10.1. The van der Waals surface area contributed by atoms with Gasteiger partial charge in [-0.05, 0) is 37.3 Å². The number of nitrogens with zero attached hydrogens (tertiary/aromatic N) is 2. The summed E-state index contributed by atoms with van der Waals surface area (Å²) in [6.07, 6.45) is 8.56. The van der Waals surface area contributed by atoms with Crippen molar-refractivity contribution in [1.29, 1.82) is 0 Å². The van der Waals surface area contributed by atoms with Crippen LogP contribution < -0.4 is 10.1 Å². The summed E-state index contributed by atoms with van der Waals surface area (Å²) >= 11 is 0. The molecule has 1 aliphatic rings. The zero-order chi connectivity index (χ0) is 18.4. The number of nitrogens with one attached hydrogen (secondary N) is 1. The summed E-state index contributed by atoms with van der Waals surface area (Å²) in [5.74, 6) is 1.61. The number of ether oxygens (including phenoxy) is 1. The lowest BCUT2D eigenvalue weighted by molar-refractivity contribution is 0.176. The summed E-state index contributed by atoms with van der Waals surface area (Å²) in [4.78, 5) is 7.27. The van der Waals surface area contributed by atoms with E-state index in [0.717, 1.165) is 47.3 Å². The molecule has 1 heterocycles. The molecule has 0 bridgehead atoms. The molecule has 3 rings (SSSR count). The predicted molar refractivity (Wildman–Crippen MR) is 117 cm³/mol. The molecule has 0 radical (unpaired) electrons. The average molecular weight is 392 g/mol. The molecule has 1 aromatic heterocycles. The van der Waals surface area contributed by atoms with Crippen molar-refractivity contribution in [2.45, 2.75) is 52.0 Å². The third kappa shape index (κ3) is 5.98. The second-order valence-corrected chi connectivity index (χ2v) is 7.86. The highest BCUT2D eigenvalue weighted by Crippen LogP contribution is 2.28. The van der Waals surface area contributed by atoms with E-state index < -0.39 is 0 Å². The van der Waals surface area contributed by atoms with Crippen LogP contribution in [-0.4, -0.2) is 42.7 Å². The van der Waals surface area contributed by atoms with Crippen LogP contribution in [0.5, 0.6) is 5.75 Å². The van der Waals surface area contributed by atoms with Crippen LogP contribution in [0.2, 0.25) is 0 Å². The van der Waals surface area contributed by atoms with E-state index in [1.807, 2.05) is 18.3 Å². The van der Waals surface area contributed by atoms with Crippen LogP contribution in [0.4, 0.5) is 5.69 Å². The Kier molecular flexibility index (Phi) is 8.65. The van der Waals surface area contributed by atoms with Gasteiger partial charge in [-0.15, -0.1) is 12.4 Å². The van der Waals surface area contributed by atoms with Gasteiger partial charge in [-0.25, -0.2) is 0 Å². The monoisotopic (exact) mass is 391 g/mol. The fourth-order valence-electron chi connectivity index (χ4n) is 4.08. The Hall–Kier alpha value is -1.52. The van der Waals surface area contributed by atoms with Gasteiger partial charge in [0.1, 0.15) is 5.75 Å². The van der Waals surface area contributed by atoms with E-state index in [9.17, 15) is 0 Å².